The molecule has 0 amide bonds. The maximum atomic E-state index is 6.10. The highest BCUT2D eigenvalue weighted by Gasteiger charge is 2.48. The van der Waals surface area contributed by atoms with Crippen LogP contribution in [0.15, 0.2) is 48.6 Å². The van der Waals surface area contributed by atoms with Crippen LogP contribution in [0.4, 0.5) is 5.82 Å². The highest BCUT2D eigenvalue weighted by molar-refractivity contribution is 6.30. The van der Waals surface area contributed by atoms with Crippen molar-refractivity contribution in [2.75, 3.05) is 25.0 Å². The van der Waals surface area contributed by atoms with E-state index in [-0.39, 0.29) is 5.54 Å². The van der Waals surface area contributed by atoms with E-state index >= 15 is 0 Å². The molecule has 3 saturated heterocycles. The molecule has 2 aromatic rings. The molecule has 0 radical (unpaired) electrons. The molecule has 3 fully saturated rings. The van der Waals surface area contributed by atoms with Crippen molar-refractivity contribution in [3.05, 3.63) is 53.6 Å². The fourth-order valence-corrected chi connectivity index (χ4v) is 4.84. The summed E-state index contributed by atoms with van der Waals surface area (Å²) in [5.41, 5.74) is 2.06. The van der Waals surface area contributed by atoms with E-state index in [0.717, 1.165) is 41.8 Å². The van der Waals surface area contributed by atoms with Gasteiger partial charge in [-0.25, -0.2) is 9.97 Å². The van der Waals surface area contributed by atoms with Crippen LogP contribution in [0.3, 0.4) is 0 Å². The van der Waals surface area contributed by atoms with E-state index in [1.807, 2.05) is 30.3 Å². The minimum absolute atomic E-state index is 0.210. The predicted molar refractivity (Wildman–Crippen MR) is 104 cm³/mol. The van der Waals surface area contributed by atoms with Crippen molar-refractivity contribution in [1.29, 1.82) is 0 Å². The zero-order chi connectivity index (χ0) is 17.6. The number of halogens is 1. The average molecular weight is 368 g/mol. The van der Waals surface area contributed by atoms with Crippen molar-refractivity contribution >= 4 is 17.4 Å². The van der Waals surface area contributed by atoms with E-state index in [9.17, 15) is 0 Å². The maximum Gasteiger partial charge on any atom is 0.135 e. The van der Waals surface area contributed by atoms with E-state index < -0.39 is 0 Å². The van der Waals surface area contributed by atoms with Crippen molar-refractivity contribution < 1.29 is 0 Å². The fraction of sp³-hybridized carbons (Fsp3) is 0.400. The summed E-state index contributed by atoms with van der Waals surface area (Å²) in [7, 11) is 0. The van der Waals surface area contributed by atoms with Gasteiger partial charge in [-0.2, -0.15) is 0 Å². The first-order chi connectivity index (χ1) is 12.7. The number of hydrogen-bond donors (Lipinski definition) is 2. The molecule has 2 N–H and O–H groups in total. The molecule has 5 nitrogen and oxygen atoms in total. The number of fused-ring (bicyclic) bond motifs is 2. The molecule has 5 heterocycles. The van der Waals surface area contributed by atoms with Gasteiger partial charge in [0.25, 0.3) is 0 Å². The zero-order valence-corrected chi connectivity index (χ0v) is 15.3. The SMILES string of the molecule is Clc1cccc(-c2cc(NC3=CC[C@@]4(CN5CCC4CC5)N3)ncn2)c1. The lowest BCUT2D eigenvalue weighted by Crippen LogP contribution is -2.64. The normalized spacial score (nSPS) is 29.5. The second-order valence-electron chi connectivity index (χ2n) is 7.58. The van der Waals surface area contributed by atoms with Crippen LogP contribution in [0.1, 0.15) is 19.3 Å². The second kappa shape index (κ2) is 6.25. The molecule has 6 rings (SSSR count). The summed E-state index contributed by atoms with van der Waals surface area (Å²) in [5, 5.41) is 7.93. The van der Waals surface area contributed by atoms with Crippen molar-refractivity contribution in [1.82, 2.24) is 20.2 Å². The van der Waals surface area contributed by atoms with E-state index in [2.05, 4.69) is 31.6 Å². The third kappa shape index (κ3) is 2.85. The lowest BCUT2D eigenvalue weighted by Gasteiger charge is -2.52. The molecule has 1 aromatic heterocycles. The number of rotatable bonds is 3. The van der Waals surface area contributed by atoms with E-state index in [1.54, 1.807) is 6.33 Å². The quantitative estimate of drug-likeness (QED) is 0.869. The Labute approximate surface area is 158 Å². The Kier molecular flexibility index (Phi) is 3.87. The van der Waals surface area contributed by atoms with Crippen molar-refractivity contribution in [2.24, 2.45) is 5.92 Å². The van der Waals surface area contributed by atoms with Gasteiger partial charge in [0.05, 0.1) is 11.2 Å². The maximum absolute atomic E-state index is 6.10. The molecule has 1 aromatic carbocycles. The highest BCUT2D eigenvalue weighted by Crippen LogP contribution is 2.41. The minimum atomic E-state index is 0.210. The van der Waals surface area contributed by atoms with Crippen LogP contribution in [0.5, 0.6) is 0 Å². The van der Waals surface area contributed by atoms with Crippen molar-refractivity contribution in [2.45, 2.75) is 24.8 Å². The minimum Gasteiger partial charge on any atom is -0.365 e. The summed E-state index contributed by atoms with van der Waals surface area (Å²) < 4.78 is 0. The third-order valence-electron chi connectivity index (χ3n) is 5.98. The Bertz CT molecular complexity index is 859. The van der Waals surface area contributed by atoms with Gasteiger partial charge in [-0.05, 0) is 56.5 Å². The topological polar surface area (TPSA) is 53.1 Å². The number of anilines is 1. The van der Waals surface area contributed by atoms with Crippen LogP contribution in [0.2, 0.25) is 5.02 Å². The lowest BCUT2D eigenvalue weighted by atomic mass is 9.72. The van der Waals surface area contributed by atoms with Crippen molar-refractivity contribution in [3.63, 3.8) is 0 Å². The van der Waals surface area contributed by atoms with Gasteiger partial charge >= 0.3 is 0 Å². The number of nitrogens with zero attached hydrogens (tertiary/aromatic N) is 3. The molecular formula is C20H22ClN5. The largest absolute Gasteiger partial charge is 0.365 e. The van der Waals surface area contributed by atoms with Crippen LogP contribution in [0, 0.1) is 5.92 Å². The summed E-state index contributed by atoms with van der Waals surface area (Å²) in [6.07, 6.45) is 7.57. The van der Waals surface area contributed by atoms with Crippen LogP contribution in [-0.4, -0.2) is 40.0 Å². The summed E-state index contributed by atoms with van der Waals surface area (Å²) in [6, 6.07) is 9.70. The number of benzene rings is 1. The van der Waals surface area contributed by atoms with Crippen LogP contribution in [-0.2, 0) is 0 Å². The molecule has 134 valence electrons. The summed E-state index contributed by atoms with van der Waals surface area (Å²) in [4.78, 5) is 11.4. The van der Waals surface area contributed by atoms with Crippen LogP contribution >= 0.6 is 11.6 Å². The molecule has 2 bridgehead atoms. The summed E-state index contributed by atoms with van der Waals surface area (Å²) in [6.45, 7) is 3.66. The van der Waals surface area contributed by atoms with Gasteiger partial charge < -0.3 is 15.5 Å². The van der Waals surface area contributed by atoms with Crippen LogP contribution in [0.25, 0.3) is 11.3 Å². The van der Waals surface area contributed by atoms with Gasteiger partial charge in [0.15, 0.2) is 0 Å². The smallest absolute Gasteiger partial charge is 0.135 e. The predicted octanol–water partition coefficient (Wildman–Crippen LogP) is 3.51. The van der Waals surface area contributed by atoms with E-state index in [0.29, 0.717) is 5.02 Å². The van der Waals surface area contributed by atoms with E-state index in [4.69, 9.17) is 11.6 Å². The van der Waals surface area contributed by atoms with Crippen LogP contribution < -0.4 is 10.6 Å². The second-order valence-corrected chi connectivity index (χ2v) is 8.01. The number of hydrogen-bond acceptors (Lipinski definition) is 5. The molecule has 6 heteroatoms. The molecule has 4 aliphatic rings. The van der Waals surface area contributed by atoms with Gasteiger partial charge in [-0.15, -0.1) is 0 Å². The molecule has 4 aliphatic heterocycles. The first-order valence-corrected chi connectivity index (χ1v) is 9.64. The molecule has 26 heavy (non-hydrogen) atoms. The number of nitrogens with one attached hydrogen (secondary N) is 2. The first-order valence-electron chi connectivity index (χ1n) is 9.26. The highest BCUT2D eigenvalue weighted by atomic mass is 35.5. The van der Waals surface area contributed by atoms with Gasteiger partial charge in [-0.1, -0.05) is 23.7 Å². The summed E-state index contributed by atoms with van der Waals surface area (Å²) >= 11 is 6.10. The molecule has 0 aliphatic carbocycles. The Morgan fingerprint density at radius 1 is 1.19 bits per heavy atom. The third-order valence-corrected chi connectivity index (χ3v) is 6.21. The Morgan fingerprint density at radius 3 is 2.85 bits per heavy atom. The Hall–Kier alpha value is -2.11. The molecule has 0 saturated carbocycles. The number of piperidine rings is 3. The van der Waals surface area contributed by atoms with Gasteiger partial charge in [-0.3, -0.25) is 0 Å². The average Bonchev–Trinajstić information content (AvgIpc) is 3.05. The summed E-state index contributed by atoms with van der Waals surface area (Å²) in [5.74, 6) is 2.64. The fourth-order valence-electron chi connectivity index (χ4n) is 4.65. The van der Waals surface area contributed by atoms with Gasteiger partial charge in [0.2, 0.25) is 0 Å². The monoisotopic (exact) mass is 367 g/mol. The van der Waals surface area contributed by atoms with Gasteiger partial charge in [0, 0.05) is 23.2 Å². The lowest BCUT2D eigenvalue weighted by molar-refractivity contribution is 0.0189. The standard InChI is InChI=1S/C20H22ClN5/c21-16-3-1-2-14(10-16)17-11-19(23-13-22-17)24-18-4-7-20(25-18)12-26-8-5-15(20)6-9-26/h1-4,10-11,13,15,25H,5-9,12H2,(H,22,23,24)/t20-/m0/s1. The first kappa shape index (κ1) is 16.1. The van der Waals surface area contributed by atoms with Crippen molar-refractivity contribution in [3.8, 4) is 11.3 Å². The number of aromatic nitrogens is 2. The molecule has 1 spiro atoms. The van der Waals surface area contributed by atoms with E-state index in [1.165, 1.54) is 25.9 Å². The zero-order valence-electron chi connectivity index (χ0n) is 14.6. The molecule has 1 atom stereocenters. The Balaban J connectivity index is 1.32. The molecule has 0 unspecified atom stereocenters. The van der Waals surface area contributed by atoms with Gasteiger partial charge in [0.1, 0.15) is 18.0 Å². The molecular weight excluding hydrogens is 346 g/mol. The Morgan fingerprint density at radius 2 is 2.08 bits per heavy atom.